The van der Waals surface area contributed by atoms with E-state index in [4.69, 9.17) is 0 Å². The summed E-state index contributed by atoms with van der Waals surface area (Å²) in [6.45, 7) is 5.43. The number of nitrogens with zero attached hydrogens (tertiary/aromatic N) is 2. The lowest BCUT2D eigenvalue weighted by atomic mass is 9.99. The Morgan fingerprint density at radius 1 is 1.25 bits per heavy atom. The summed E-state index contributed by atoms with van der Waals surface area (Å²) >= 11 is 0. The van der Waals surface area contributed by atoms with Crippen LogP contribution in [0.3, 0.4) is 0 Å². The monoisotopic (exact) mass is 271 g/mol. The molecule has 1 aromatic heterocycles. The molecule has 0 fully saturated rings. The first-order chi connectivity index (χ1) is 9.67. The van der Waals surface area contributed by atoms with Gasteiger partial charge in [-0.3, -0.25) is 4.68 Å². The Morgan fingerprint density at radius 2 is 2.05 bits per heavy atom. The van der Waals surface area contributed by atoms with Crippen LogP contribution in [0.25, 0.3) is 0 Å². The third-order valence-electron chi connectivity index (χ3n) is 3.49. The van der Waals surface area contributed by atoms with Crippen molar-refractivity contribution in [1.29, 1.82) is 0 Å². The molecule has 0 spiro atoms. The molecule has 3 heteroatoms. The van der Waals surface area contributed by atoms with E-state index in [2.05, 4.69) is 54.7 Å². The standard InChI is InChI=1S/C17H25N3/c1-4-8-18-17(11-16-12-19-20(3)13-16)10-15-7-5-6-14(2)9-15/h5-7,9,12-13,17-18H,4,8,10-11H2,1-3H3. The summed E-state index contributed by atoms with van der Waals surface area (Å²) in [5, 5.41) is 7.92. The van der Waals surface area contributed by atoms with Crippen LogP contribution in [-0.2, 0) is 19.9 Å². The normalized spacial score (nSPS) is 12.6. The molecule has 0 aliphatic rings. The maximum absolute atomic E-state index is 4.26. The summed E-state index contributed by atoms with van der Waals surface area (Å²) in [5.41, 5.74) is 4.04. The first kappa shape index (κ1) is 14.8. The third kappa shape index (κ3) is 4.49. The van der Waals surface area contributed by atoms with Crippen molar-refractivity contribution in [1.82, 2.24) is 15.1 Å². The van der Waals surface area contributed by atoms with Crippen molar-refractivity contribution in [3.05, 3.63) is 53.3 Å². The lowest BCUT2D eigenvalue weighted by Gasteiger charge is -2.18. The van der Waals surface area contributed by atoms with Gasteiger partial charge < -0.3 is 5.32 Å². The van der Waals surface area contributed by atoms with Gasteiger partial charge in [-0.05, 0) is 43.9 Å². The number of benzene rings is 1. The van der Waals surface area contributed by atoms with Crippen molar-refractivity contribution >= 4 is 0 Å². The summed E-state index contributed by atoms with van der Waals surface area (Å²) in [5.74, 6) is 0. The van der Waals surface area contributed by atoms with E-state index in [1.807, 2.05) is 17.9 Å². The van der Waals surface area contributed by atoms with Gasteiger partial charge in [0.15, 0.2) is 0 Å². The average Bonchev–Trinajstić information content (AvgIpc) is 2.81. The summed E-state index contributed by atoms with van der Waals surface area (Å²) in [7, 11) is 1.97. The Labute approximate surface area is 122 Å². The van der Waals surface area contributed by atoms with Gasteiger partial charge in [0.25, 0.3) is 0 Å². The molecule has 20 heavy (non-hydrogen) atoms. The highest BCUT2D eigenvalue weighted by Gasteiger charge is 2.11. The highest BCUT2D eigenvalue weighted by Crippen LogP contribution is 2.10. The molecule has 0 aliphatic heterocycles. The van der Waals surface area contributed by atoms with Gasteiger partial charge in [0.1, 0.15) is 0 Å². The zero-order valence-corrected chi connectivity index (χ0v) is 12.8. The van der Waals surface area contributed by atoms with Gasteiger partial charge in [-0.2, -0.15) is 5.10 Å². The van der Waals surface area contributed by atoms with Crippen LogP contribution < -0.4 is 5.32 Å². The SMILES string of the molecule is CCCNC(Cc1cccc(C)c1)Cc1cnn(C)c1. The molecule has 0 radical (unpaired) electrons. The molecule has 2 aromatic rings. The van der Waals surface area contributed by atoms with Crippen LogP contribution in [-0.4, -0.2) is 22.4 Å². The van der Waals surface area contributed by atoms with Crippen molar-refractivity contribution in [2.75, 3.05) is 6.54 Å². The highest BCUT2D eigenvalue weighted by atomic mass is 15.2. The van der Waals surface area contributed by atoms with Crippen LogP contribution in [0.5, 0.6) is 0 Å². The van der Waals surface area contributed by atoms with Crippen LogP contribution in [0, 0.1) is 6.92 Å². The zero-order valence-electron chi connectivity index (χ0n) is 12.8. The van der Waals surface area contributed by atoms with E-state index in [0.717, 1.165) is 25.8 Å². The second kappa shape index (κ2) is 7.25. The van der Waals surface area contributed by atoms with Crippen LogP contribution in [0.15, 0.2) is 36.7 Å². The Bertz CT molecular complexity index is 531. The van der Waals surface area contributed by atoms with Crippen molar-refractivity contribution < 1.29 is 0 Å². The molecule has 0 saturated heterocycles. The largest absolute Gasteiger partial charge is 0.313 e. The summed E-state index contributed by atoms with van der Waals surface area (Å²) in [6, 6.07) is 9.27. The molecule has 0 saturated carbocycles. The van der Waals surface area contributed by atoms with E-state index >= 15 is 0 Å². The Balaban J connectivity index is 2.02. The zero-order chi connectivity index (χ0) is 14.4. The first-order valence-electron chi connectivity index (χ1n) is 7.44. The minimum atomic E-state index is 0.473. The molecule has 1 aromatic carbocycles. The molecule has 1 unspecified atom stereocenters. The summed E-state index contributed by atoms with van der Waals surface area (Å²) < 4.78 is 1.87. The number of hydrogen-bond acceptors (Lipinski definition) is 2. The van der Waals surface area contributed by atoms with Crippen molar-refractivity contribution in [3.63, 3.8) is 0 Å². The second-order valence-electron chi connectivity index (χ2n) is 5.57. The molecule has 108 valence electrons. The van der Waals surface area contributed by atoms with E-state index < -0.39 is 0 Å². The second-order valence-corrected chi connectivity index (χ2v) is 5.57. The maximum Gasteiger partial charge on any atom is 0.0522 e. The number of rotatable bonds is 7. The molecular weight excluding hydrogens is 246 g/mol. The first-order valence-corrected chi connectivity index (χ1v) is 7.44. The van der Waals surface area contributed by atoms with Crippen LogP contribution in [0.4, 0.5) is 0 Å². The highest BCUT2D eigenvalue weighted by molar-refractivity contribution is 5.23. The number of nitrogens with one attached hydrogen (secondary N) is 1. The van der Waals surface area contributed by atoms with Crippen molar-refractivity contribution in [2.45, 2.75) is 39.2 Å². The predicted molar refractivity (Wildman–Crippen MR) is 83.9 cm³/mol. The fourth-order valence-electron chi connectivity index (χ4n) is 2.55. The molecule has 3 nitrogen and oxygen atoms in total. The number of aryl methyl sites for hydroxylation is 2. The van der Waals surface area contributed by atoms with Crippen LogP contribution in [0.1, 0.15) is 30.0 Å². The van der Waals surface area contributed by atoms with Gasteiger partial charge in [-0.1, -0.05) is 36.8 Å². The minimum Gasteiger partial charge on any atom is -0.313 e. The molecule has 1 heterocycles. The Morgan fingerprint density at radius 3 is 2.70 bits per heavy atom. The van der Waals surface area contributed by atoms with E-state index in [9.17, 15) is 0 Å². The molecular formula is C17H25N3. The maximum atomic E-state index is 4.26. The smallest absolute Gasteiger partial charge is 0.0522 e. The van der Waals surface area contributed by atoms with E-state index in [1.165, 1.54) is 16.7 Å². The van der Waals surface area contributed by atoms with Crippen molar-refractivity contribution in [2.24, 2.45) is 7.05 Å². The average molecular weight is 271 g/mol. The molecule has 0 bridgehead atoms. The molecule has 1 atom stereocenters. The topological polar surface area (TPSA) is 29.9 Å². The number of aromatic nitrogens is 2. The predicted octanol–water partition coefficient (Wildman–Crippen LogP) is 2.88. The van der Waals surface area contributed by atoms with Crippen molar-refractivity contribution in [3.8, 4) is 0 Å². The Kier molecular flexibility index (Phi) is 5.36. The van der Waals surface area contributed by atoms with E-state index in [1.54, 1.807) is 0 Å². The molecule has 2 rings (SSSR count). The summed E-state index contributed by atoms with van der Waals surface area (Å²) in [6.07, 6.45) is 7.34. The van der Waals surface area contributed by atoms with Crippen LogP contribution >= 0.6 is 0 Å². The minimum absolute atomic E-state index is 0.473. The lowest BCUT2D eigenvalue weighted by molar-refractivity contribution is 0.504. The van der Waals surface area contributed by atoms with E-state index in [0.29, 0.717) is 6.04 Å². The van der Waals surface area contributed by atoms with Gasteiger partial charge in [0, 0.05) is 19.3 Å². The Hall–Kier alpha value is -1.61. The third-order valence-corrected chi connectivity index (χ3v) is 3.49. The molecule has 1 N–H and O–H groups in total. The van der Waals surface area contributed by atoms with Gasteiger partial charge in [-0.25, -0.2) is 0 Å². The molecule has 0 amide bonds. The molecule has 0 aliphatic carbocycles. The van der Waals surface area contributed by atoms with Gasteiger partial charge >= 0.3 is 0 Å². The quantitative estimate of drug-likeness (QED) is 0.839. The van der Waals surface area contributed by atoms with Crippen LogP contribution in [0.2, 0.25) is 0 Å². The lowest BCUT2D eigenvalue weighted by Crippen LogP contribution is -2.33. The summed E-state index contributed by atoms with van der Waals surface area (Å²) in [4.78, 5) is 0. The van der Waals surface area contributed by atoms with Gasteiger partial charge in [-0.15, -0.1) is 0 Å². The van der Waals surface area contributed by atoms with Gasteiger partial charge in [0.05, 0.1) is 6.20 Å². The fourth-order valence-corrected chi connectivity index (χ4v) is 2.55. The van der Waals surface area contributed by atoms with E-state index in [-0.39, 0.29) is 0 Å². The fraction of sp³-hybridized carbons (Fsp3) is 0.471. The number of hydrogen-bond donors (Lipinski definition) is 1. The van der Waals surface area contributed by atoms with Gasteiger partial charge in [0.2, 0.25) is 0 Å².